The molecule has 0 aromatic heterocycles. The first-order chi connectivity index (χ1) is 16.6. The minimum absolute atomic E-state index is 0.118. The fraction of sp³-hybridized carbons (Fsp3) is 0.833. The van der Waals surface area contributed by atoms with Gasteiger partial charge in [0.25, 0.3) is 0 Å². The summed E-state index contributed by atoms with van der Waals surface area (Å²) in [5.74, 6) is -0.752. The molecule has 0 rings (SSSR count). The van der Waals surface area contributed by atoms with Gasteiger partial charge in [-0.1, -0.05) is 20.3 Å². The van der Waals surface area contributed by atoms with E-state index >= 15 is 0 Å². The fourth-order valence-electron chi connectivity index (χ4n) is 2.88. The van der Waals surface area contributed by atoms with Crippen LogP contribution in [0, 0.1) is 5.92 Å². The van der Waals surface area contributed by atoms with Crippen LogP contribution in [-0.4, -0.2) is 96.0 Å². The Hall–Kier alpha value is -2.08. The Morgan fingerprint density at radius 3 is 1.77 bits per heavy atom. The molecule has 0 radical (unpaired) electrons. The molecule has 0 spiro atoms. The second-order valence-electron chi connectivity index (χ2n) is 8.67. The average molecular weight is 502 g/mol. The van der Waals surface area contributed by atoms with Gasteiger partial charge in [0, 0.05) is 31.6 Å². The summed E-state index contributed by atoms with van der Waals surface area (Å²) in [5, 5.41) is 20.0. The topological polar surface area (TPSA) is 152 Å². The van der Waals surface area contributed by atoms with E-state index < -0.39 is 12.1 Å². The zero-order valence-electron chi connectivity index (χ0n) is 23.0. The summed E-state index contributed by atoms with van der Waals surface area (Å²) in [7, 11) is 7.04. The molecule has 5 atom stereocenters. The highest BCUT2D eigenvalue weighted by Gasteiger charge is 2.19. The molecule has 0 aliphatic rings. The van der Waals surface area contributed by atoms with Crippen molar-refractivity contribution in [3.63, 3.8) is 0 Å². The van der Waals surface area contributed by atoms with E-state index in [0.29, 0.717) is 32.0 Å². The quantitative estimate of drug-likeness (QED) is 0.120. The lowest BCUT2D eigenvalue weighted by molar-refractivity contribution is -0.126. The molecular weight excluding hydrogens is 450 g/mol. The number of rotatable bonds is 18. The van der Waals surface area contributed by atoms with Crippen molar-refractivity contribution in [1.29, 1.82) is 0 Å². The summed E-state index contributed by atoms with van der Waals surface area (Å²) < 4.78 is 0. The minimum Gasteiger partial charge on any atom is -0.355 e. The molecule has 0 fully saturated rings. The van der Waals surface area contributed by atoms with Gasteiger partial charge in [0.05, 0.1) is 18.1 Å². The molecule has 0 aromatic rings. The highest BCUT2D eigenvalue weighted by atomic mass is 16.2. The second kappa shape index (κ2) is 22.4. The van der Waals surface area contributed by atoms with Gasteiger partial charge in [0.15, 0.2) is 0 Å². The number of nitrogens with one attached hydrogen (secondary N) is 7. The summed E-state index contributed by atoms with van der Waals surface area (Å²) in [6.45, 7) is 8.90. The second-order valence-corrected chi connectivity index (χ2v) is 8.67. The molecule has 5 unspecified atom stereocenters. The minimum atomic E-state index is -0.432. The van der Waals surface area contributed by atoms with Gasteiger partial charge in [-0.05, 0) is 61.3 Å². The summed E-state index contributed by atoms with van der Waals surface area (Å²) in [6.07, 6.45) is 4.25. The van der Waals surface area contributed by atoms with E-state index in [4.69, 9.17) is 0 Å². The van der Waals surface area contributed by atoms with Crippen LogP contribution in [0.1, 0.15) is 53.4 Å². The van der Waals surface area contributed by atoms with E-state index in [1.54, 1.807) is 35.0 Å². The van der Waals surface area contributed by atoms with E-state index in [1.807, 2.05) is 7.05 Å². The zero-order valence-corrected chi connectivity index (χ0v) is 23.0. The van der Waals surface area contributed by atoms with Crippen molar-refractivity contribution in [3.8, 4) is 0 Å². The third-order valence-electron chi connectivity index (χ3n) is 5.79. The standard InChI is InChI=1S/C18H36N6O4.C6H15N/c1-12(16(26)24-10-14(11-25)20-4)6-8-23-18(28)15(21-5)7-9-22-17(27)13(2)19-3;1-4-5-6(2)7-3/h11-15,19-21H,6-10H2,1-5H3,(H,22,27)(H,23,28)(H,24,26);6-7H,4-5H2,1-3H3. The number of hydrogen-bond acceptors (Lipinski definition) is 8. The molecule has 0 bridgehead atoms. The third-order valence-corrected chi connectivity index (χ3v) is 5.79. The summed E-state index contributed by atoms with van der Waals surface area (Å²) in [4.78, 5) is 46.7. The lowest BCUT2D eigenvalue weighted by Crippen LogP contribution is -2.47. The van der Waals surface area contributed by atoms with Crippen LogP contribution in [0.2, 0.25) is 0 Å². The van der Waals surface area contributed by atoms with Crippen molar-refractivity contribution in [2.24, 2.45) is 5.92 Å². The molecular formula is C24H51N7O4. The predicted molar refractivity (Wildman–Crippen MR) is 141 cm³/mol. The predicted octanol–water partition coefficient (Wildman–Crippen LogP) is -0.871. The van der Waals surface area contributed by atoms with Gasteiger partial charge in [-0.15, -0.1) is 0 Å². The van der Waals surface area contributed by atoms with Crippen LogP contribution in [0.3, 0.4) is 0 Å². The summed E-state index contributed by atoms with van der Waals surface area (Å²) in [6, 6.07) is -0.434. The van der Waals surface area contributed by atoms with Crippen molar-refractivity contribution >= 4 is 24.0 Å². The normalized spacial score (nSPS) is 14.9. The van der Waals surface area contributed by atoms with Crippen molar-refractivity contribution in [2.45, 2.75) is 77.5 Å². The lowest BCUT2D eigenvalue weighted by atomic mass is 10.1. The molecule has 0 aliphatic carbocycles. The summed E-state index contributed by atoms with van der Waals surface area (Å²) >= 11 is 0. The Labute approximate surface area is 212 Å². The van der Waals surface area contributed by atoms with Gasteiger partial charge in [-0.2, -0.15) is 0 Å². The summed E-state index contributed by atoms with van der Waals surface area (Å²) in [5.41, 5.74) is 0. The van der Waals surface area contributed by atoms with Crippen LogP contribution in [0.4, 0.5) is 0 Å². The highest BCUT2D eigenvalue weighted by molar-refractivity contribution is 5.83. The molecule has 0 saturated carbocycles. The van der Waals surface area contributed by atoms with Crippen LogP contribution in [0.25, 0.3) is 0 Å². The van der Waals surface area contributed by atoms with Gasteiger partial charge in [0.2, 0.25) is 17.7 Å². The lowest BCUT2D eigenvalue weighted by Gasteiger charge is -2.18. The van der Waals surface area contributed by atoms with Gasteiger partial charge < -0.3 is 42.0 Å². The Bertz CT molecular complexity index is 592. The Morgan fingerprint density at radius 1 is 0.714 bits per heavy atom. The number of carbonyl (C=O) groups is 4. The zero-order chi connectivity index (χ0) is 27.2. The third kappa shape index (κ3) is 17.9. The Kier molecular flexibility index (Phi) is 22.4. The largest absolute Gasteiger partial charge is 0.355 e. The van der Waals surface area contributed by atoms with Crippen molar-refractivity contribution < 1.29 is 19.2 Å². The van der Waals surface area contributed by atoms with Crippen molar-refractivity contribution in [1.82, 2.24) is 37.2 Å². The molecule has 3 amide bonds. The van der Waals surface area contributed by atoms with Crippen molar-refractivity contribution in [2.75, 3.05) is 47.8 Å². The van der Waals surface area contributed by atoms with Gasteiger partial charge in [-0.3, -0.25) is 14.4 Å². The molecule has 0 saturated heterocycles. The molecule has 206 valence electrons. The molecule has 11 nitrogen and oxygen atoms in total. The first-order valence-corrected chi connectivity index (χ1v) is 12.6. The molecule has 35 heavy (non-hydrogen) atoms. The maximum absolute atomic E-state index is 12.2. The maximum Gasteiger partial charge on any atom is 0.237 e. The van der Waals surface area contributed by atoms with Crippen LogP contribution in [0.15, 0.2) is 0 Å². The first kappa shape index (κ1) is 35.1. The van der Waals surface area contributed by atoms with Gasteiger partial charge in [-0.25, -0.2) is 0 Å². The van der Waals surface area contributed by atoms with E-state index in [2.05, 4.69) is 51.1 Å². The molecule has 0 heterocycles. The molecule has 0 aromatic carbocycles. The number of likely N-dealkylation sites (N-methyl/N-ethyl adjacent to an activating group) is 3. The molecule has 11 heteroatoms. The Morgan fingerprint density at radius 2 is 1.31 bits per heavy atom. The smallest absolute Gasteiger partial charge is 0.237 e. The van der Waals surface area contributed by atoms with Crippen LogP contribution >= 0.6 is 0 Å². The van der Waals surface area contributed by atoms with Crippen molar-refractivity contribution in [3.05, 3.63) is 0 Å². The molecule has 0 aliphatic heterocycles. The van der Waals surface area contributed by atoms with E-state index in [0.717, 1.165) is 6.29 Å². The van der Waals surface area contributed by atoms with Crippen LogP contribution in [-0.2, 0) is 19.2 Å². The average Bonchev–Trinajstić information content (AvgIpc) is 2.86. The van der Waals surface area contributed by atoms with Crippen LogP contribution in [0.5, 0.6) is 0 Å². The maximum atomic E-state index is 12.2. The van der Waals surface area contributed by atoms with Crippen LogP contribution < -0.4 is 37.2 Å². The first-order valence-electron chi connectivity index (χ1n) is 12.6. The van der Waals surface area contributed by atoms with Gasteiger partial charge in [0.1, 0.15) is 6.29 Å². The number of carbonyl (C=O) groups excluding carboxylic acids is 4. The Balaban J connectivity index is 0. The highest BCUT2D eigenvalue weighted by Crippen LogP contribution is 2.01. The van der Waals surface area contributed by atoms with E-state index in [9.17, 15) is 19.2 Å². The van der Waals surface area contributed by atoms with E-state index in [-0.39, 0.29) is 36.2 Å². The SMILES string of the molecule is CCCC(C)NC.CNC(C=O)CNC(=O)C(C)CCNC(=O)C(CCNC(=O)C(C)NC)NC. The monoisotopic (exact) mass is 501 g/mol. The number of hydrogen-bond donors (Lipinski definition) is 7. The van der Waals surface area contributed by atoms with Gasteiger partial charge >= 0.3 is 0 Å². The number of aldehydes is 1. The fourth-order valence-corrected chi connectivity index (χ4v) is 2.88. The molecule has 7 N–H and O–H groups in total. The van der Waals surface area contributed by atoms with E-state index in [1.165, 1.54) is 12.8 Å². The number of amides is 3.